The maximum atomic E-state index is 14.1. The minimum atomic E-state index is -4.15. The maximum Gasteiger partial charge on any atom is 0.260 e. The summed E-state index contributed by atoms with van der Waals surface area (Å²) in [5.41, 5.74) is -0.204. The Bertz CT molecular complexity index is 1650. The molecule has 0 N–H and O–H groups in total. The van der Waals surface area contributed by atoms with Crippen LogP contribution < -0.4 is 4.90 Å². The molecule has 2 aromatic carbocycles. The monoisotopic (exact) mass is 675 g/mol. The molecule has 0 aliphatic carbocycles. The van der Waals surface area contributed by atoms with Crippen LogP contribution in [0.4, 0.5) is 11.6 Å². The van der Waals surface area contributed by atoms with Crippen LogP contribution in [0.25, 0.3) is 0 Å². The third-order valence-corrected chi connectivity index (χ3v) is 11.0. The molecule has 5 rings (SSSR count). The van der Waals surface area contributed by atoms with Gasteiger partial charge in [0.1, 0.15) is 5.54 Å². The van der Waals surface area contributed by atoms with Crippen LogP contribution in [0.3, 0.4) is 0 Å². The molecule has 208 valence electrons. The van der Waals surface area contributed by atoms with Crippen molar-refractivity contribution in [2.45, 2.75) is 23.9 Å². The molecule has 10 nitrogen and oxygen atoms in total. The normalized spacial score (nSPS) is 20.9. The minimum Gasteiger partial charge on any atom is -0.284 e. The summed E-state index contributed by atoms with van der Waals surface area (Å²) in [5, 5.41) is 0.455. The van der Waals surface area contributed by atoms with E-state index in [2.05, 4.69) is 20.9 Å². The molecule has 15 heteroatoms. The van der Waals surface area contributed by atoms with Crippen molar-refractivity contribution in [1.29, 1.82) is 0 Å². The Morgan fingerprint density at radius 2 is 1.51 bits per heavy atom. The zero-order valence-electron chi connectivity index (χ0n) is 20.9. The highest BCUT2D eigenvalue weighted by atomic mass is 79.9. The van der Waals surface area contributed by atoms with E-state index in [4.69, 9.17) is 23.2 Å². The molecule has 2 aliphatic rings. The second-order valence-corrected chi connectivity index (χ2v) is 15.3. The van der Waals surface area contributed by atoms with Crippen LogP contribution in [0.15, 0.2) is 58.2 Å². The fourth-order valence-electron chi connectivity index (χ4n) is 4.99. The highest BCUT2D eigenvalue weighted by molar-refractivity contribution is 9.10. The van der Waals surface area contributed by atoms with Crippen LogP contribution in [-0.2, 0) is 36.8 Å². The molecule has 39 heavy (non-hydrogen) atoms. The predicted octanol–water partition coefficient (Wildman–Crippen LogP) is 3.85. The van der Waals surface area contributed by atoms with Gasteiger partial charge in [-0.15, -0.1) is 0 Å². The number of amides is 1. The lowest BCUT2D eigenvalue weighted by atomic mass is 9.92. The number of imidazole rings is 1. The van der Waals surface area contributed by atoms with Crippen molar-refractivity contribution in [2.24, 2.45) is 0 Å². The molecule has 1 aromatic heterocycles. The van der Waals surface area contributed by atoms with Gasteiger partial charge < -0.3 is 0 Å². The topological polar surface area (TPSA) is 113 Å². The van der Waals surface area contributed by atoms with Gasteiger partial charge in [-0.2, -0.15) is 8.61 Å². The SMILES string of the molecule is C[C@@]1(Cc2ccc(Br)cc2)C(=O)N(c2cc(Cl)cc(Cl)c2)c2ncc(S(=O)(=O)N3CCN(S(C)(=O)=O)CC3)n21. The summed E-state index contributed by atoms with van der Waals surface area (Å²) >= 11 is 15.9. The fourth-order valence-corrected chi connectivity index (χ4v) is 8.20. The molecule has 0 spiro atoms. The summed E-state index contributed by atoms with van der Waals surface area (Å²) in [7, 11) is -7.60. The maximum absolute atomic E-state index is 14.1. The number of nitrogens with zero attached hydrogens (tertiary/aromatic N) is 5. The highest BCUT2D eigenvalue weighted by Crippen LogP contribution is 2.45. The Labute approximate surface area is 245 Å². The van der Waals surface area contributed by atoms with E-state index in [1.54, 1.807) is 19.1 Å². The third-order valence-electron chi connectivity index (χ3n) is 6.91. The molecule has 1 amide bonds. The van der Waals surface area contributed by atoms with E-state index < -0.39 is 31.5 Å². The molecule has 1 fully saturated rings. The van der Waals surface area contributed by atoms with Gasteiger partial charge in [0.25, 0.3) is 15.9 Å². The van der Waals surface area contributed by atoms with Gasteiger partial charge in [0.15, 0.2) is 5.03 Å². The summed E-state index contributed by atoms with van der Waals surface area (Å²) in [4.78, 5) is 19.9. The Balaban J connectivity index is 1.62. The number of hydrogen-bond acceptors (Lipinski definition) is 6. The van der Waals surface area contributed by atoms with Crippen molar-refractivity contribution in [3.8, 4) is 0 Å². The Hall–Kier alpha value is -2.00. The van der Waals surface area contributed by atoms with Crippen LogP contribution in [0.1, 0.15) is 12.5 Å². The van der Waals surface area contributed by atoms with Gasteiger partial charge >= 0.3 is 0 Å². The summed E-state index contributed by atoms with van der Waals surface area (Å²) in [6.07, 6.45) is 2.51. The summed E-state index contributed by atoms with van der Waals surface area (Å²) in [6.45, 7) is 1.68. The zero-order chi connectivity index (χ0) is 28.3. The number of fused-ring (bicyclic) bond motifs is 1. The summed E-state index contributed by atoms with van der Waals surface area (Å²) < 4.78 is 56.5. The lowest BCUT2D eigenvalue weighted by Gasteiger charge is -2.33. The number of rotatable bonds is 6. The second-order valence-electron chi connectivity index (χ2n) is 9.64. The molecule has 0 bridgehead atoms. The molecule has 3 aromatic rings. The molecule has 3 heterocycles. The molecule has 2 aliphatic heterocycles. The van der Waals surface area contributed by atoms with E-state index in [9.17, 15) is 21.6 Å². The van der Waals surface area contributed by atoms with Gasteiger partial charge in [-0.05, 0) is 42.8 Å². The molecule has 1 saturated heterocycles. The van der Waals surface area contributed by atoms with Crippen molar-refractivity contribution in [1.82, 2.24) is 18.2 Å². The summed E-state index contributed by atoms with van der Waals surface area (Å²) in [6, 6.07) is 12.1. The molecule has 1 atom stereocenters. The fraction of sp³-hybridized carbons (Fsp3) is 0.333. The zero-order valence-corrected chi connectivity index (χ0v) is 25.6. The number of hydrogen-bond donors (Lipinski definition) is 0. The summed E-state index contributed by atoms with van der Waals surface area (Å²) in [5.74, 6) is -0.281. The van der Waals surface area contributed by atoms with Crippen LogP contribution in [-0.4, -0.2) is 73.3 Å². The molecule has 0 unspecified atom stereocenters. The number of halogens is 3. The predicted molar refractivity (Wildman–Crippen MR) is 153 cm³/mol. The number of piperazine rings is 1. The van der Waals surface area contributed by atoms with Crippen molar-refractivity contribution < 1.29 is 21.6 Å². The quantitative estimate of drug-likeness (QED) is 0.392. The van der Waals surface area contributed by atoms with Gasteiger partial charge in [0.2, 0.25) is 16.0 Å². The van der Waals surface area contributed by atoms with Crippen molar-refractivity contribution in [2.75, 3.05) is 37.3 Å². The Morgan fingerprint density at radius 1 is 0.949 bits per heavy atom. The second kappa shape index (κ2) is 10.1. The number of anilines is 2. The first kappa shape index (κ1) is 28.5. The minimum absolute atomic E-state index is 0.0269. The molecule has 0 radical (unpaired) electrons. The van der Waals surface area contributed by atoms with Crippen LogP contribution in [0.5, 0.6) is 0 Å². The average Bonchev–Trinajstić information content (AvgIpc) is 3.38. The average molecular weight is 677 g/mol. The number of carbonyl (C=O) groups is 1. The lowest BCUT2D eigenvalue weighted by Crippen LogP contribution is -2.51. The largest absolute Gasteiger partial charge is 0.284 e. The third kappa shape index (κ3) is 5.14. The molecule has 0 saturated carbocycles. The van der Waals surface area contributed by atoms with E-state index >= 15 is 0 Å². The van der Waals surface area contributed by atoms with Crippen LogP contribution in [0, 0.1) is 0 Å². The van der Waals surface area contributed by atoms with Crippen molar-refractivity contribution in [3.63, 3.8) is 0 Å². The molecular weight excluding hydrogens is 653 g/mol. The van der Waals surface area contributed by atoms with E-state index in [0.717, 1.165) is 16.3 Å². The number of benzene rings is 2. The van der Waals surface area contributed by atoms with Crippen LogP contribution in [0.2, 0.25) is 10.0 Å². The number of sulfonamides is 2. The van der Waals surface area contributed by atoms with Gasteiger partial charge in [-0.25, -0.2) is 26.7 Å². The Morgan fingerprint density at radius 3 is 2.08 bits per heavy atom. The smallest absolute Gasteiger partial charge is 0.260 e. The first-order valence-corrected chi connectivity index (χ1v) is 16.6. The van der Waals surface area contributed by atoms with Gasteiger partial charge in [-0.3, -0.25) is 9.36 Å². The standard InChI is InChI=1S/C24H24BrCl2N5O5S2/c1-24(14-16-3-5-17(25)6-4-16)22(33)31(20-12-18(26)11-19(27)13-20)23-28-15-21(32(23)24)39(36,37)30-9-7-29(8-10-30)38(2,34)35/h3-6,11-13,15H,7-10,14H2,1-2H3/t24-/m1/s1. The van der Waals surface area contributed by atoms with E-state index in [1.165, 1.54) is 30.3 Å². The lowest BCUT2D eigenvalue weighted by molar-refractivity contribution is -0.124. The van der Waals surface area contributed by atoms with Gasteiger partial charge in [0, 0.05) is 47.1 Å². The number of aromatic nitrogens is 2. The first-order valence-electron chi connectivity index (χ1n) is 11.8. The molecular formula is C24H24BrCl2N5O5S2. The number of carbonyl (C=O) groups excluding carboxylic acids is 1. The van der Waals surface area contributed by atoms with E-state index in [-0.39, 0.29) is 43.6 Å². The van der Waals surface area contributed by atoms with Gasteiger partial charge in [0.05, 0.1) is 18.1 Å². The van der Waals surface area contributed by atoms with Crippen molar-refractivity contribution >= 4 is 76.7 Å². The van der Waals surface area contributed by atoms with E-state index in [0.29, 0.717) is 15.7 Å². The van der Waals surface area contributed by atoms with Gasteiger partial charge in [-0.1, -0.05) is 51.3 Å². The van der Waals surface area contributed by atoms with E-state index in [1.807, 2.05) is 24.3 Å². The highest BCUT2D eigenvalue weighted by Gasteiger charge is 2.52. The van der Waals surface area contributed by atoms with Crippen molar-refractivity contribution in [3.05, 3.63) is 68.7 Å². The van der Waals surface area contributed by atoms with Crippen LogP contribution >= 0.6 is 39.1 Å². The Kier molecular flexibility index (Phi) is 7.41. The first-order chi connectivity index (χ1) is 18.2.